The van der Waals surface area contributed by atoms with E-state index in [0.717, 1.165) is 15.7 Å². The van der Waals surface area contributed by atoms with Crippen molar-refractivity contribution in [1.29, 1.82) is 0 Å². The lowest BCUT2D eigenvalue weighted by atomic mass is 10.2. The van der Waals surface area contributed by atoms with E-state index in [2.05, 4.69) is 26.1 Å². The van der Waals surface area contributed by atoms with Crippen LogP contribution in [0.25, 0.3) is 5.69 Å². The van der Waals surface area contributed by atoms with Crippen molar-refractivity contribution in [2.24, 2.45) is 0 Å². The summed E-state index contributed by atoms with van der Waals surface area (Å²) in [6, 6.07) is 5.92. The highest BCUT2D eigenvalue weighted by atomic mass is 79.9. The standard InChI is InChI=1S/C10H10BrN3OS/c1-6-2-7(11)4-8(3-6)14-9(5-15)12-13-10(14)16/h2-4,15H,5H2,1H3,(H,13,16). The average Bonchev–Trinajstić information content (AvgIpc) is 2.58. The third kappa shape index (κ3) is 2.09. The molecule has 0 aliphatic heterocycles. The Morgan fingerprint density at radius 1 is 1.50 bits per heavy atom. The quantitative estimate of drug-likeness (QED) is 0.838. The van der Waals surface area contributed by atoms with Crippen molar-refractivity contribution in [1.82, 2.24) is 14.8 Å². The lowest BCUT2D eigenvalue weighted by molar-refractivity contribution is 0.269. The predicted molar refractivity (Wildman–Crippen MR) is 67.1 cm³/mol. The van der Waals surface area contributed by atoms with Gasteiger partial charge in [0.05, 0.1) is 5.69 Å². The van der Waals surface area contributed by atoms with E-state index in [1.54, 1.807) is 4.57 Å². The summed E-state index contributed by atoms with van der Waals surface area (Å²) in [5.74, 6) is 0.502. The van der Waals surface area contributed by atoms with E-state index >= 15 is 0 Å². The second-order valence-corrected chi connectivity index (χ2v) is 4.73. The Bertz CT molecular complexity index is 555. The van der Waals surface area contributed by atoms with Gasteiger partial charge >= 0.3 is 0 Å². The highest BCUT2D eigenvalue weighted by molar-refractivity contribution is 9.10. The van der Waals surface area contributed by atoms with Crippen molar-refractivity contribution in [3.63, 3.8) is 0 Å². The molecule has 0 aliphatic rings. The fourth-order valence-electron chi connectivity index (χ4n) is 1.55. The molecule has 0 spiro atoms. The molecule has 2 N–H and O–H groups in total. The van der Waals surface area contributed by atoms with Crippen molar-refractivity contribution in [3.8, 4) is 5.69 Å². The molecule has 0 atom stereocenters. The molecule has 0 bridgehead atoms. The van der Waals surface area contributed by atoms with Crippen LogP contribution in [0.5, 0.6) is 0 Å². The normalized spacial score (nSPS) is 10.7. The maximum absolute atomic E-state index is 9.17. The van der Waals surface area contributed by atoms with E-state index < -0.39 is 0 Å². The Morgan fingerprint density at radius 3 is 2.88 bits per heavy atom. The molecular formula is C10H10BrN3OS. The van der Waals surface area contributed by atoms with E-state index in [9.17, 15) is 5.11 Å². The molecule has 0 aliphatic carbocycles. The minimum atomic E-state index is -0.154. The SMILES string of the molecule is Cc1cc(Br)cc(-n2c(CO)n[nH]c2=S)c1. The van der Waals surface area contributed by atoms with Gasteiger partial charge in [0.2, 0.25) is 0 Å². The van der Waals surface area contributed by atoms with Crippen LogP contribution in [-0.2, 0) is 6.61 Å². The average molecular weight is 300 g/mol. The first kappa shape index (κ1) is 11.5. The smallest absolute Gasteiger partial charge is 0.199 e. The number of aliphatic hydroxyl groups is 1. The highest BCUT2D eigenvalue weighted by Gasteiger charge is 2.07. The van der Waals surface area contributed by atoms with Crippen LogP contribution in [0, 0.1) is 11.7 Å². The first-order chi connectivity index (χ1) is 7.61. The number of halogens is 1. The number of H-pyrrole nitrogens is 1. The lowest BCUT2D eigenvalue weighted by Crippen LogP contribution is -2.01. The first-order valence-corrected chi connectivity index (χ1v) is 5.86. The summed E-state index contributed by atoms with van der Waals surface area (Å²) in [4.78, 5) is 0. The highest BCUT2D eigenvalue weighted by Crippen LogP contribution is 2.19. The van der Waals surface area contributed by atoms with Crippen LogP contribution in [0.4, 0.5) is 0 Å². The number of nitrogens with one attached hydrogen (secondary N) is 1. The Kier molecular flexibility index (Phi) is 3.22. The second-order valence-electron chi connectivity index (χ2n) is 3.43. The number of aromatic amines is 1. The van der Waals surface area contributed by atoms with Crippen LogP contribution < -0.4 is 0 Å². The van der Waals surface area contributed by atoms with Crippen molar-refractivity contribution >= 4 is 28.1 Å². The first-order valence-electron chi connectivity index (χ1n) is 4.66. The van der Waals surface area contributed by atoms with Crippen LogP contribution >= 0.6 is 28.1 Å². The fourth-order valence-corrected chi connectivity index (χ4v) is 2.40. The molecule has 84 valence electrons. The van der Waals surface area contributed by atoms with E-state index in [-0.39, 0.29) is 6.61 Å². The lowest BCUT2D eigenvalue weighted by Gasteiger charge is -2.06. The van der Waals surface area contributed by atoms with Crippen molar-refractivity contribution in [2.45, 2.75) is 13.5 Å². The van der Waals surface area contributed by atoms with Crippen LogP contribution in [0.15, 0.2) is 22.7 Å². The molecule has 0 saturated carbocycles. The summed E-state index contributed by atoms with van der Waals surface area (Å²) in [7, 11) is 0. The number of hydrogen-bond acceptors (Lipinski definition) is 3. The predicted octanol–water partition coefficient (Wildman–Crippen LogP) is 2.49. The van der Waals surface area contributed by atoms with Crippen LogP contribution in [-0.4, -0.2) is 19.9 Å². The molecule has 4 nitrogen and oxygen atoms in total. The van der Waals surface area contributed by atoms with E-state index in [0.29, 0.717) is 10.6 Å². The molecular weight excluding hydrogens is 290 g/mol. The Morgan fingerprint density at radius 2 is 2.25 bits per heavy atom. The molecule has 0 fully saturated rings. The molecule has 1 aromatic heterocycles. The van der Waals surface area contributed by atoms with E-state index in [1.165, 1.54) is 0 Å². The van der Waals surface area contributed by atoms with Crippen LogP contribution in [0.3, 0.4) is 0 Å². The Labute approximate surface area is 106 Å². The molecule has 6 heteroatoms. The van der Waals surface area contributed by atoms with Gasteiger partial charge in [-0.1, -0.05) is 15.9 Å². The summed E-state index contributed by atoms with van der Waals surface area (Å²) in [6.07, 6.45) is 0. The maximum Gasteiger partial charge on any atom is 0.199 e. The molecule has 0 unspecified atom stereocenters. The zero-order valence-corrected chi connectivity index (χ0v) is 11.0. The van der Waals surface area contributed by atoms with Gasteiger partial charge in [-0.3, -0.25) is 9.67 Å². The summed E-state index contributed by atoms with van der Waals surface area (Å²) in [6.45, 7) is 1.84. The second kappa shape index (κ2) is 4.48. The molecule has 1 aromatic carbocycles. The van der Waals surface area contributed by atoms with Crippen LogP contribution in [0.1, 0.15) is 11.4 Å². The van der Waals surface area contributed by atoms with Crippen molar-refractivity contribution in [2.75, 3.05) is 0 Å². The molecule has 0 saturated heterocycles. The summed E-state index contributed by atoms with van der Waals surface area (Å²) in [5, 5.41) is 15.8. The van der Waals surface area contributed by atoms with Crippen molar-refractivity contribution < 1.29 is 5.11 Å². The molecule has 16 heavy (non-hydrogen) atoms. The van der Waals surface area contributed by atoms with Gasteiger partial charge in [-0.25, -0.2) is 0 Å². The van der Waals surface area contributed by atoms with Gasteiger partial charge in [0.15, 0.2) is 10.6 Å². The van der Waals surface area contributed by atoms with Gasteiger partial charge in [0, 0.05) is 4.47 Å². The molecule has 0 radical (unpaired) electrons. The Balaban J connectivity index is 2.66. The minimum Gasteiger partial charge on any atom is -0.388 e. The summed E-state index contributed by atoms with van der Waals surface area (Å²) >= 11 is 8.56. The third-order valence-corrected chi connectivity index (χ3v) is 2.90. The Hall–Kier alpha value is -0.980. The number of aromatic nitrogens is 3. The van der Waals surface area contributed by atoms with Crippen LogP contribution in [0.2, 0.25) is 0 Å². The number of aliphatic hydroxyl groups excluding tert-OH is 1. The zero-order valence-electron chi connectivity index (χ0n) is 8.57. The number of benzene rings is 1. The van der Waals surface area contributed by atoms with Gasteiger partial charge in [-0.05, 0) is 42.9 Å². The molecule has 2 rings (SSSR count). The number of hydrogen-bond donors (Lipinski definition) is 2. The summed E-state index contributed by atoms with van der Waals surface area (Å²) < 4.78 is 3.16. The van der Waals surface area contributed by atoms with Gasteiger partial charge in [-0.15, -0.1) is 0 Å². The molecule has 1 heterocycles. The number of aryl methyl sites for hydroxylation is 1. The molecule has 2 aromatic rings. The van der Waals surface area contributed by atoms with E-state index in [1.807, 2.05) is 25.1 Å². The third-order valence-electron chi connectivity index (χ3n) is 2.17. The largest absolute Gasteiger partial charge is 0.388 e. The van der Waals surface area contributed by atoms with Gasteiger partial charge in [0.25, 0.3) is 0 Å². The minimum absolute atomic E-state index is 0.154. The van der Waals surface area contributed by atoms with Gasteiger partial charge in [0.1, 0.15) is 6.61 Å². The van der Waals surface area contributed by atoms with Gasteiger partial charge in [-0.2, -0.15) is 5.10 Å². The monoisotopic (exact) mass is 299 g/mol. The maximum atomic E-state index is 9.17. The summed E-state index contributed by atoms with van der Waals surface area (Å²) in [5.41, 5.74) is 1.99. The topological polar surface area (TPSA) is 53.8 Å². The van der Waals surface area contributed by atoms with Gasteiger partial charge < -0.3 is 5.11 Å². The fraction of sp³-hybridized carbons (Fsp3) is 0.200. The zero-order chi connectivity index (χ0) is 11.7. The number of nitrogens with zero attached hydrogens (tertiary/aromatic N) is 2. The molecule has 0 amide bonds. The number of rotatable bonds is 2. The van der Waals surface area contributed by atoms with Crippen molar-refractivity contribution in [3.05, 3.63) is 38.8 Å². The van der Waals surface area contributed by atoms with E-state index in [4.69, 9.17) is 12.2 Å².